The molecule has 14 heavy (non-hydrogen) atoms. The number of aliphatic hydroxyl groups is 1. The van der Waals surface area contributed by atoms with E-state index in [1.165, 1.54) is 11.1 Å². The Morgan fingerprint density at radius 1 is 1.43 bits per heavy atom. The van der Waals surface area contributed by atoms with Crippen LogP contribution in [0.15, 0.2) is 18.5 Å². The Bertz CT molecular complexity index is 276. The lowest BCUT2D eigenvalue weighted by Crippen LogP contribution is -2.26. The molecule has 0 spiro atoms. The Morgan fingerprint density at radius 2 is 2.21 bits per heavy atom. The van der Waals surface area contributed by atoms with E-state index in [1.807, 2.05) is 19.3 Å². The van der Waals surface area contributed by atoms with Crippen molar-refractivity contribution in [3.05, 3.63) is 29.6 Å². The van der Waals surface area contributed by atoms with E-state index in [-0.39, 0.29) is 6.61 Å². The fourth-order valence-electron chi connectivity index (χ4n) is 1.45. The average Bonchev–Trinajstić information content (AvgIpc) is 2.17. The van der Waals surface area contributed by atoms with Crippen molar-refractivity contribution in [2.75, 3.05) is 19.7 Å². The minimum atomic E-state index is 0.215. The highest BCUT2D eigenvalue weighted by atomic mass is 16.3. The van der Waals surface area contributed by atoms with Gasteiger partial charge in [0.1, 0.15) is 0 Å². The van der Waals surface area contributed by atoms with Crippen molar-refractivity contribution in [2.24, 2.45) is 0 Å². The highest BCUT2D eigenvalue weighted by Crippen LogP contribution is 2.04. The van der Waals surface area contributed by atoms with Crippen molar-refractivity contribution < 1.29 is 5.11 Å². The van der Waals surface area contributed by atoms with E-state index in [1.54, 1.807) is 0 Å². The summed E-state index contributed by atoms with van der Waals surface area (Å²) in [6.45, 7) is 6.90. The van der Waals surface area contributed by atoms with Gasteiger partial charge in [-0.2, -0.15) is 0 Å². The maximum atomic E-state index is 8.84. The van der Waals surface area contributed by atoms with E-state index < -0.39 is 0 Å². The van der Waals surface area contributed by atoms with Gasteiger partial charge in [0.15, 0.2) is 0 Å². The second-order valence-corrected chi connectivity index (χ2v) is 3.46. The molecule has 0 aliphatic heterocycles. The summed E-state index contributed by atoms with van der Waals surface area (Å²) in [5, 5.41) is 8.84. The normalized spacial score (nSPS) is 10.9. The molecule has 1 N–H and O–H groups in total. The lowest BCUT2D eigenvalue weighted by Gasteiger charge is -2.18. The van der Waals surface area contributed by atoms with Crippen LogP contribution in [0.25, 0.3) is 0 Å². The van der Waals surface area contributed by atoms with Crippen molar-refractivity contribution in [3.63, 3.8) is 0 Å². The summed E-state index contributed by atoms with van der Waals surface area (Å²) in [5.74, 6) is 0. The minimum Gasteiger partial charge on any atom is -0.395 e. The molecule has 0 atom stereocenters. The Morgan fingerprint density at radius 3 is 2.79 bits per heavy atom. The predicted octanol–water partition coefficient (Wildman–Crippen LogP) is 1.20. The number of rotatable bonds is 5. The van der Waals surface area contributed by atoms with Crippen molar-refractivity contribution in [1.82, 2.24) is 9.88 Å². The van der Waals surface area contributed by atoms with E-state index in [4.69, 9.17) is 5.11 Å². The van der Waals surface area contributed by atoms with Crippen molar-refractivity contribution in [3.8, 4) is 0 Å². The minimum absolute atomic E-state index is 0.215. The smallest absolute Gasteiger partial charge is 0.0558 e. The molecular formula is C11H18N2O. The molecule has 0 saturated carbocycles. The van der Waals surface area contributed by atoms with Crippen molar-refractivity contribution in [1.29, 1.82) is 0 Å². The fraction of sp³-hybridized carbons (Fsp3) is 0.545. The molecule has 0 bridgehead atoms. The van der Waals surface area contributed by atoms with E-state index in [0.717, 1.165) is 19.6 Å². The lowest BCUT2D eigenvalue weighted by molar-refractivity contribution is 0.196. The molecule has 0 fully saturated rings. The first-order valence-electron chi connectivity index (χ1n) is 5.00. The second-order valence-electron chi connectivity index (χ2n) is 3.46. The number of aryl methyl sites for hydroxylation is 1. The molecule has 0 aromatic carbocycles. The zero-order valence-electron chi connectivity index (χ0n) is 8.90. The molecule has 1 aromatic heterocycles. The van der Waals surface area contributed by atoms with Gasteiger partial charge in [-0.3, -0.25) is 9.88 Å². The standard InChI is InChI=1S/C11H18N2O/c1-3-13(4-5-14)9-11-6-10(2)7-12-8-11/h6-8,14H,3-5,9H2,1-2H3. The van der Waals surface area contributed by atoms with Gasteiger partial charge in [0.2, 0.25) is 0 Å². The van der Waals surface area contributed by atoms with Crippen molar-refractivity contribution in [2.45, 2.75) is 20.4 Å². The van der Waals surface area contributed by atoms with Crippen LogP contribution in [0.5, 0.6) is 0 Å². The maximum absolute atomic E-state index is 8.84. The third-order valence-corrected chi connectivity index (χ3v) is 2.20. The number of nitrogens with zero attached hydrogens (tertiary/aromatic N) is 2. The summed E-state index contributed by atoms with van der Waals surface area (Å²) in [7, 11) is 0. The van der Waals surface area contributed by atoms with Gasteiger partial charge >= 0.3 is 0 Å². The van der Waals surface area contributed by atoms with Gasteiger partial charge in [0.05, 0.1) is 6.61 Å². The molecule has 0 aliphatic rings. The first kappa shape index (κ1) is 11.1. The monoisotopic (exact) mass is 194 g/mol. The largest absolute Gasteiger partial charge is 0.395 e. The van der Waals surface area contributed by atoms with Gasteiger partial charge in [-0.15, -0.1) is 0 Å². The first-order chi connectivity index (χ1) is 6.76. The van der Waals surface area contributed by atoms with Crippen LogP contribution in [0.1, 0.15) is 18.1 Å². The summed E-state index contributed by atoms with van der Waals surface area (Å²) in [4.78, 5) is 6.33. The zero-order valence-corrected chi connectivity index (χ0v) is 8.90. The van der Waals surface area contributed by atoms with Gasteiger partial charge in [0.25, 0.3) is 0 Å². The number of likely N-dealkylation sites (N-methyl/N-ethyl adjacent to an activating group) is 1. The Balaban J connectivity index is 2.57. The SMILES string of the molecule is CCN(CCO)Cc1cncc(C)c1. The first-order valence-corrected chi connectivity index (χ1v) is 5.00. The van der Waals surface area contributed by atoms with Gasteiger partial charge in [-0.05, 0) is 24.6 Å². The molecule has 1 rings (SSSR count). The highest BCUT2D eigenvalue weighted by molar-refractivity contribution is 5.16. The Kier molecular flexibility index (Phi) is 4.56. The number of aliphatic hydroxyl groups excluding tert-OH is 1. The molecule has 3 nitrogen and oxygen atoms in total. The van der Waals surface area contributed by atoms with Gasteiger partial charge in [-0.25, -0.2) is 0 Å². The molecule has 0 unspecified atom stereocenters. The molecule has 1 heterocycles. The fourth-order valence-corrected chi connectivity index (χ4v) is 1.45. The molecule has 1 aromatic rings. The molecule has 0 radical (unpaired) electrons. The molecule has 78 valence electrons. The van der Waals surface area contributed by atoms with Crippen LogP contribution in [0, 0.1) is 6.92 Å². The second kappa shape index (κ2) is 5.73. The number of hydrogen-bond donors (Lipinski definition) is 1. The van der Waals surface area contributed by atoms with E-state index in [9.17, 15) is 0 Å². The average molecular weight is 194 g/mol. The van der Waals surface area contributed by atoms with Crippen LogP contribution in [0.3, 0.4) is 0 Å². The van der Waals surface area contributed by atoms with Gasteiger partial charge < -0.3 is 5.11 Å². The topological polar surface area (TPSA) is 36.4 Å². The van der Waals surface area contributed by atoms with Crippen LogP contribution < -0.4 is 0 Å². The summed E-state index contributed by atoms with van der Waals surface area (Å²) >= 11 is 0. The van der Waals surface area contributed by atoms with E-state index in [0.29, 0.717) is 0 Å². The highest BCUT2D eigenvalue weighted by Gasteiger charge is 2.02. The molecule has 0 saturated heterocycles. The van der Waals surface area contributed by atoms with Crippen LogP contribution >= 0.6 is 0 Å². The summed E-state index contributed by atoms with van der Waals surface area (Å²) in [6.07, 6.45) is 3.73. The Labute approximate surface area is 85.4 Å². The molecular weight excluding hydrogens is 176 g/mol. The summed E-state index contributed by atoms with van der Waals surface area (Å²) in [5.41, 5.74) is 2.39. The number of pyridine rings is 1. The van der Waals surface area contributed by atoms with Gasteiger partial charge in [-0.1, -0.05) is 13.0 Å². The van der Waals surface area contributed by atoms with Crippen LogP contribution in [-0.2, 0) is 6.54 Å². The third-order valence-electron chi connectivity index (χ3n) is 2.20. The van der Waals surface area contributed by atoms with E-state index >= 15 is 0 Å². The van der Waals surface area contributed by atoms with E-state index in [2.05, 4.69) is 22.9 Å². The number of hydrogen-bond acceptors (Lipinski definition) is 3. The number of aromatic nitrogens is 1. The summed E-state index contributed by atoms with van der Waals surface area (Å²) in [6, 6.07) is 2.13. The molecule has 0 amide bonds. The zero-order chi connectivity index (χ0) is 10.4. The maximum Gasteiger partial charge on any atom is 0.0558 e. The van der Waals surface area contributed by atoms with Gasteiger partial charge in [0, 0.05) is 25.5 Å². The van der Waals surface area contributed by atoms with Crippen LogP contribution in [0.4, 0.5) is 0 Å². The van der Waals surface area contributed by atoms with Crippen LogP contribution in [0.2, 0.25) is 0 Å². The third kappa shape index (κ3) is 3.44. The van der Waals surface area contributed by atoms with Crippen LogP contribution in [-0.4, -0.2) is 34.7 Å². The molecule has 3 heteroatoms. The predicted molar refractivity (Wildman–Crippen MR) is 57.0 cm³/mol. The molecule has 0 aliphatic carbocycles. The van der Waals surface area contributed by atoms with Crippen molar-refractivity contribution >= 4 is 0 Å². The summed E-state index contributed by atoms with van der Waals surface area (Å²) < 4.78 is 0. The Hall–Kier alpha value is -0.930. The lowest BCUT2D eigenvalue weighted by atomic mass is 10.2. The quantitative estimate of drug-likeness (QED) is 0.765.